The molecule has 0 aromatic heterocycles. The minimum Gasteiger partial charge on any atom is -0.330 e. The van der Waals surface area contributed by atoms with Gasteiger partial charge in [0.2, 0.25) is 0 Å². The van der Waals surface area contributed by atoms with Crippen LogP contribution in [-0.2, 0) is 0 Å². The lowest BCUT2D eigenvalue weighted by Crippen LogP contribution is -2.20. The van der Waals surface area contributed by atoms with E-state index < -0.39 is 11.6 Å². The van der Waals surface area contributed by atoms with E-state index in [9.17, 15) is 8.78 Å². The Hall–Kier alpha value is -1.72. The van der Waals surface area contributed by atoms with Crippen molar-refractivity contribution in [2.75, 3.05) is 10.6 Å². The first kappa shape index (κ1) is 14.7. The molecule has 0 aliphatic carbocycles. The van der Waals surface area contributed by atoms with Crippen molar-refractivity contribution in [2.45, 2.75) is 6.92 Å². The smallest absolute Gasteiger partial charge is 0.175 e. The number of thiocarbonyl (C=S) groups is 1. The summed E-state index contributed by atoms with van der Waals surface area (Å²) in [6, 6.07) is 8.64. The number of benzene rings is 2. The third-order valence-electron chi connectivity index (χ3n) is 2.55. The van der Waals surface area contributed by atoms with E-state index in [4.69, 9.17) is 23.8 Å². The van der Waals surface area contributed by atoms with E-state index >= 15 is 0 Å². The highest BCUT2D eigenvalue weighted by atomic mass is 35.5. The second kappa shape index (κ2) is 6.15. The van der Waals surface area contributed by atoms with E-state index in [1.165, 1.54) is 24.3 Å². The van der Waals surface area contributed by atoms with Crippen LogP contribution in [0, 0.1) is 18.6 Å². The van der Waals surface area contributed by atoms with Crippen LogP contribution in [-0.4, -0.2) is 5.11 Å². The predicted octanol–water partition coefficient (Wildman–Crippen LogP) is 4.74. The van der Waals surface area contributed by atoms with Crippen molar-refractivity contribution in [3.63, 3.8) is 0 Å². The topological polar surface area (TPSA) is 24.1 Å². The van der Waals surface area contributed by atoms with Crippen LogP contribution in [0.3, 0.4) is 0 Å². The highest BCUT2D eigenvalue weighted by Crippen LogP contribution is 2.20. The summed E-state index contributed by atoms with van der Waals surface area (Å²) in [5.74, 6) is -0.936. The number of nitrogens with one attached hydrogen (secondary N) is 2. The second-order valence-electron chi connectivity index (χ2n) is 4.19. The lowest BCUT2D eigenvalue weighted by molar-refractivity contribution is 0.631. The van der Waals surface area contributed by atoms with Gasteiger partial charge in [-0.3, -0.25) is 0 Å². The molecule has 2 rings (SSSR count). The fourth-order valence-electron chi connectivity index (χ4n) is 1.60. The highest BCUT2D eigenvalue weighted by Gasteiger charge is 2.08. The molecule has 2 N–H and O–H groups in total. The maximum atomic E-state index is 13.6. The predicted molar refractivity (Wildman–Crippen MR) is 82.4 cm³/mol. The molecule has 0 aliphatic rings. The molecular weight excluding hydrogens is 302 g/mol. The monoisotopic (exact) mass is 312 g/mol. The molecule has 0 heterocycles. The van der Waals surface area contributed by atoms with Crippen molar-refractivity contribution >= 4 is 40.3 Å². The first-order chi connectivity index (χ1) is 9.45. The number of hydrogen-bond donors (Lipinski definition) is 2. The highest BCUT2D eigenvalue weighted by molar-refractivity contribution is 7.80. The van der Waals surface area contributed by atoms with Gasteiger partial charge in [0.05, 0.1) is 11.4 Å². The van der Waals surface area contributed by atoms with Crippen LogP contribution in [0.5, 0.6) is 0 Å². The zero-order chi connectivity index (χ0) is 14.7. The van der Waals surface area contributed by atoms with Gasteiger partial charge < -0.3 is 10.6 Å². The Kier molecular flexibility index (Phi) is 4.52. The Bertz CT molecular complexity index is 606. The summed E-state index contributed by atoms with van der Waals surface area (Å²) in [7, 11) is 0. The molecule has 0 radical (unpaired) electrons. The second-order valence-corrected chi connectivity index (χ2v) is 5.03. The van der Waals surface area contributed by atoms with E-state index in [2.05, 4.69) is 10.6 Å². The molecule has 0 fully saturated rings. The van der Waals surface area contributed by atoms with Crippen molar-refractivity contribution in [3.05, 3.63) is 58.6 Å². The van der Waals surface area contributed by atoms with Gasteiger partial charge in [-0.1, -0.05) is 17.7 Å². The molecule has 20 heavy (non-hydrogen) atoms. The van der Waals surface area contributed by atoms with Crippen LogP contribution >= 0.6 is 23.8 Å². The van der Waals surface area contributed by atoms with E-state index in [0.717, 1.165) is 5.56 Å². The van der Waals surface area contributed by atoms with Gasteiger partial charge >= 0.3 is 0 Å². The molecule has 2 aromatic rings. The summed E-state index contributed by atoms with van der Waals surface area (Å²) < 4.78 is 27.1. The number of anilines is 2. The van der Waals surface area contributed by atoms with Crippen molar-refractivity contribution < 1.29 is 8.78 Å². The van der Waals surface area contributed by atoms with E-state index in [1.54, 1.807) is 12.1 Å². The Labute approximate surface area is 125 Å². The molecule has 0 spiro atoms. The molecule has 0 saturated heterocycles. The molecule has 0 atom stereocenters. The summed E-state index contributed by atoms with van der Waals surface area (Å²) in [4.78, 5) is 0. The Morgan fingerprint density at radius 3 is 2.20 bits per heavy atom. The Morgan fingerprint density at radius 2 is 1.55 bits per heavy atom. The minimum absolute atomic E-state index is 0.0793. The summed E-state index contributed by atoms with van der Waals surface area (Å²) in [5, 5.41) is 5.78. The number of hydrogen-bond acceptors (Lipinski definition) is 1. The van der Waals surface area contributed by atoms with Crippen LogP contribution in [0.25, 0.3) is 0 Å². The average Bonchev–Trinajstić information content (AvgIpc) is 2.38. The third kappa shape index (κ3) is 3.65. The molecule has 0 unspecified atom stereocenters. The summed E-state index contributed by atoms with van der Waals surface area (Å²) >= 11 is 10.8. The fraction of sp³-hybridized carbons (Fsp3) is 0.0714. The SMILES string of the molecule is Cc1ccc(F)c(NC(=S)Nc2cc(Cl)ccc2F)c1. The van der Waals surface area contributed by atoms with Gasteiger partial charge in [0, 0.05) is 5.02 Å². The van der Waals surface area contributed by atoms with E-state index in [0.29, 0.717) is 5.02 Å². The maximum Gasteiger partial charge on any atom is 0.175 e. The maximum absolute atomic E-state index is 13.6. The standard InChI is InChI=1S/C14H11ClF2N2S/c1-8-2-4-10(16)12(6-8)18-14(20)19-13-7-9(15)3-5-11(13)17/h2-7H,1H3,(H2,18,19,20). The summed E-state index contributed by atoms with van der Waals surface area (Å²) in [6.45, 7) is 1.83. The van der Waals surface area contributed by atoms with Gasteiger partial charge in [-0.15, -0.1) is 0 Å². The first-order valence-corrected chi connectivity index (χ1v) is 6.53. The third-order valence-corrected chi connectivity index (χ3v) is 2.99. The quantitative estimate of drug-likeness (QED) is 0.784. The van der Waals surface area contributed by atoms with Gasteiger partial charge in [-0.2, -0.15) is 0 Å². The molecular formula is C14H11ClF2N2S. The summed E-state index contributed by atoms with van der Waals surface area (Å²) in [5.41, 5.74) is 1.23. The number of halogens is 3. The van der Waals surface area contributed by atoms with Crippen LogP contribution < -0.4 is 10.6 Å². The van der Waals surface area contributed by atoms with Gasteiger partial charge in [0.1, 0.15) is 11.6 Å². The van der Waals surface area contributed by atoms with Gasteiger partial charge in [-0.25, -0.2) is 8.78 Å². The molecule has 2 nitrogen and oxygen atoms in total. The van der Waals surface area contributed by atoms with E-state index in [-0.39, 0.29) is 16.5 Å². The average molecular weight is 313 g/mol. The minimum atomic E-state index is -0.497. The first-order valence-electron chi connectivity index (χ1n) is 5.75. The summed E-state index contributed by atoms with van der Waals surface area (Å²) in [6.07, 6.45) is 0. The van der Waals surface area contributed by atoms with Crippen molar-refractivity contribution in [1.82, 2.24) is 0 Å². The normalized spacial score (nSPS) is 10.2. The van der Waals surface area contributed by atoms with Gasteiger partial charge in [0.25, 0.3) is 0 Å². The van der Waals surface area contributed by atoms with Gasteiger partial charge in [-0.05, 0) is 55.0 Å². The largest absolute Gasteiger partial charge is 0.330 e. The lowest BCUT2D eigenvalue weighted by Gasteiger charge is -2.12. The molecule has 0 amide bonds. The van der Waals surface area contributed by atoms with Crippen molar-refractivity contribution in [2.24, 2.45) is 0 Å². The molecule has 0 aliphatic heterocycles. The van der Waals surface area contributed by atoms with Crippen LogP contribution in [0.15, 0.2) is 36.4 Å². The number of aryl methyl sites for hydroxylation is 1. The Morgan fingerprint density at radius 1 is 1.00 bits per heavy atom. The van der Waals surface area contributed by atoms with Gasteiger partial charge in [0.15, 0.2) is 5.11 Å². The lowest BCUT2D eigenvalue weighted by atomic mass is 10.2. The molecule has 2 aromatic carbocycles. The van der Waals surface area contributed by atoms with Crippen molar-refractivity contribution in [1.29, 1.82) is 0 Å². The molecule has 6 heteroatoms. The van der Waals surface area contributed by atoms with Crippen LogP contribution in [0.4, 0.5) is 20.2 Å². The Balaban J connectivity index is 2.13. The molecule has 0 bridgehead atoms. The van der Waals surface area contributed by atoms with Crippen molar-refractivity contribution in [3.8, 4) is 0 Å². The zero-order valence-corrected chi connectivity index (χ0v) is 12.1. The molecule has 0 saturated carbocycles. The fourth-order valence-corrected chi connectivity index (χ4v) is 2.00. The van der Waals surface area contributed by atoms with Crippen LogP contribution in [0.1, 0.15) is 5.56 Å². The van der Waals surface area contributed by atoms with E-state index in [1.807, 2.05) is 6.92 Å². The number of rotatable bonds is 2. The molecule has 104 valence electrons. The zero-order valence-electron chi connectivity index (χ0n) is 10.5. The van der Waals surface area contributed by atoms with Crippen LogP contribution in [0.2, 0.25) is 5.02 Å².